The number of carbonyl (C=O) groups is 1. The van der Waals surface area contributed by atoms with E-state index in [1.807, 2.05) is 11.0 Å². The zero-order chi connectivity index (χ0) is 18.7. The van der Waals surface area contributed by atoms with Gasteiger partial charge in [-0.05, 0) is 31.2 Å². The molecule has 1 atom stereocenters. The summed E-state index contributed by atoms with van der Waals surface area (Å²) in [7, 11) is 3.18. The van der Waals surface area contributed by atoms with Crippen LogP contribution in [0.4, 0.5) is 5.82 Å². The summed E-state index contributed by atoms with van der Waals surface area (Å²) < 4.78 is 15.8. The van der Waals surface area contributed by atoms with Crippen LogP contribution in [0.15, 0.2) is 30.5 Å². The highest BCUT2D eigenvalue weighted by Crippen LogP contribution is 2.40. The van der Waals surface area contributed by atoms with Crippen molar-refractivity contribution in [2.75, 3.05) is 32.3 Å². The highest BCUT2D eigenvalue weighted by molar-refractivity contribution is 5.89. The number of aromatic nitrogens is 1. The molecule has 138 valence electrons. The summed E-state index contributed by atoms with van der Waals surface area (Å²) >= 11 is 0. The van der Waals surface area contributed by atoms with E-state index in [-0.39, 0.29) is 0 Å². The van der Waals surface area contributed by atoms with Crippen molar-refractivity contribution in [2.24, 2.45) is 0 Å². The predicted molar refractivity (Wildman–Crippen MR) is 95.7 cm³/mol. The number of aliphatic hydroxyl groups is 1. The van der Waals surface area contributed by atoms with Crippen molar-refractivity contribution >= 4 is 11.8 Å². The summed E-state index contributed by atoms with van der Waals surface area (Å²) in [5.41, 5.74) is 2.00. The van der Waals surface area contributed by atoms with Crippen molar-refractivity contribution in [3.63, 3.8) is 0 Å². The molecule has 0 radical (unpaired) electrons. The number of nitrogens with zero attached hydrogens (tertiary/aromatic N) is 2. The number of carbonyl (C=O) groups excluding carboxylic acids is 1. The van der Waals surface area contributed by atoms with Gasteiger partial charge in [0.25, 0.3) is 0 Å². The number of β-amino-alcohol motifs (C(OH)–C–C–N with tert-alkyl or cyclic N) is 1. The highest BCUT2D eigenvalue weighted by Gasteiger charge is 2.30. The molecule has 1 aromatic carbocycles. The molecule has 7 heteroatoms. The summed E-state index contributed by atoms with van der Waals surface area (Å²) in [4.78, 5) is 18.0. The molecule has 0 spiro atoms. The van der Waals surface area contributed by atoms with Crippen LogP contribution in [0.2, 0.25) is 0 Å². The zero-order valence-electron chi connectivity index (χ0n) is 15.1. The Bertz CT molecular complexity index is 791. The van der Waals surface area contributed by atoms with Crippen molar-refractivity contribution in [1.29, 1.82) is 0 Å². The van der Waals surface area contributed by atoms with Gasteiger partial charge < -0.3 is 24.2 Å². The SMILES string of the molecule is CCOC(=O)c1ccc(N2Cc3c(OC)ccc(OC)c3[C@H](O)C2)nc1. The Morgan fingerprint density at radius 3 is 2.58 bits per heavy atom. The summed E-state index contributed by atoms with van der Waals surface area (Å²) in [6.45, 7) is 2.95. The molecule has 0 aliphatic carbocycles. The average Bonchev–Trinajstić information content (AvgIpc) is 2.67. The predicted octanol–water partition coefficient (Wildman–Crippen LogP) is 2.33. The van der Waals surface area contributed by atoms with Crippen LogP contribution in [0, 0.1) is 0 Å². The monoisotopic (exact) mass is 358 g/mol. The topological polar surface area (TPSA) is 81.1 Å². The Morgan fingerprint density at radius 1 is 1.23 bits per heavy atom. The van der Waals surface area contributed by atoms with Crippen LogP contribution in [-0.4, -0.2) is 43.4 Å². The first-order chi connectivity index (χ1) is 12.6. The molecule has 0 fully saturated rings. The molecular weight excluding hydrogens is 336 g/mol. The minimum atomic E-state index is -0.740. The van der Waals surface area contributed by atoms with E-state index in [9.17, 15) is 9.90 Å². The maximum atomic E-state index is 11.8. The molecule has 1 aliphatic heterocycles. The molecular formula is C19H22N2O5. The van der Waals surface area contributed by atoms with Crippen molar-refractivity contribution in [1.82, 2.24) is 4.98 Å². The lowest BCUT2D eigenvalue weighted by molar-refractivity contribution is 0.0526. The van der Waals surface area contributed by atoms with Gasteiger partial charge in [0.1, 0.15) is 23.4 Å². The minimum absolute atomic E-state index is 0.317. The standard InChI is InChI=1S/C19H22N2O5/c1-4-26-19(23)12-5-8-17(20-9-12)21-10-13-15(24-2)6-7-16(25-3)18(13)14(22)11-21/h5-9,14,22H,4,10-11H2,1-3H3/t14-/m1/s1. The van der Waals surface area contributed by atoms with Gasteiger partial charge in [0, 0.05) is 23.9 Å². The number of rotatable bonds is 5. The van der Waals surface area contributed by atoms with Gasteiger partial charge in [-0.2, -0.15) is 0 Å². The molecule has 0 amide bonds. The minimum Gasteiger partial charge on any atom is -0.496 e. The second-order valence-corrected chi connectivity index (χ2v) is 5.88. The summed E-state index contributed by atoms with van der Waals surface area (Å²) in [5, 5.41) is 10.7. The molecule has 0 bridgehead atoms. The fourth-order valence-electron chi connectivity index (χ4n) is 3.16. The number of hydrogen-bond donors (Lipinski definition) is 1. The molecule has 0 unspecified atom stereocenters. The van der Waals surface area contributed by atoms with Gasteiger partial charge in [-0.3, -0.25) is 0 Å². The third-order valence-electron chi connectivity index (χ3n) is 4.37. The van der Waals surface area contributed by atoms with Crippen molar-refractivity contribution in [3.8, 4) is 11.5 Å². The molecule has 2 aromatic rings. The number of pyridine rings is 1. The number of hydrogen-bond acceptors (Lipinski definition) is 7. The maximum Gasteiger partial charge on any atom is 0.339 e. The van der Waals surface area contributed by atoms with Gasteiger partial charge in [-0.25, -0.2) is 9.78 Å². The summed E-state index contributed by atoms with van der Waals surface area (Å²) in [6.07, 6.45) is 0.744. The average molecular weight is 358 g/mol. The Labute approximate surface area is 152 Å². The normalized spacial score (nSPS) is 16.0. The van der Waals surface area contributed by atoms with E-state index in [0.717, 1.165) is 11.1 Å². The van der Waals surface area contributed by atoms with Gasteiger partial charge in [0.2, 0.25) is 0 Å². The lowest BCUT2D eigenvalue weighted by Crippen LogP contribution is -2.34. The molecule has 26 heavy (non-hydrogen) atoms. The van der Waals surface area contributed by atoms with Gasteiger partial charge in [-0.1, -0.05) is 0 Å². The van der Waals surface area contributed by atoms with Gasteiger partial charge in [0.05, 0.1) is 32.9 Å². The van der Waals surface area contributed by atoms with E-state index in [2.05, 4.69) is 4.98 Å². The fraction of sp³-hybridized carbons (Fsp3) is 0.368. The number of esters is 1. The number of fused-ring (bicyclic) bond motifs is 1. The highest BCUT2D eigenvalue weighted by atomic mass is 16.5. The Morgan fingerprint density at radius 2 is 1.96 bits per heavy atom. The first kappa shape index (κ1) is 18.0. The van der Waals surface area contributed by atoms with Crippen LogP contribution in [-0.2, 0) is 11.3 Å². The third kappa shape index (κ3) is 3.30. The quantitative estimate of drug-likeness (QED) is 0.822. The second-order valence-electron chi connectivity index (χ2n) is 5.88. The van der Waals surface area contributed by atoms with E-state index in [0.29, 0.717) is 42.6 Å². The fourth-order valence-corrected chi connectivity index (χ4v) is 3.16. The summed E-state index contributed by atoms with van der Waals surface area (Å²) in [6, 6.07) is 7.04. The largest absolute Gasteiger partial charge is 0.496 e. The van der Waals surface area contributed by atoms with E-state index >= 15 is 0 Å². The van der Waals surface area contributed by atoms with Crippen LogP contribution in [0.5, 0.6) is 11.5 Å². The lowest BCUT2D eigenvalue weighted by Gasteiger charge is -2.34. The number of benzene rings is 1. The zero-order valence-corrected chi connectivity index (χ0v) is 15.1. The molecule has 1 aliphatic rings. The van der Waals surface area contributed by atoms with Gasteiger partial charge in [0.15, 0.2) is 0 Å². The number of anilines is 1. The molecule has 0 saturated carbocycles. The van der Waals surface area contributed by atoms with E-state index in [1.165, 1.54) is 6.20 Å². The van der Waals surface area contributed by atoms with Crippen LogP contribution >= 0.6 is 0 Å². The van der Waals surface area contributed by atoms with E-state index in [4.69, 9.17) is 14.2 Å². The number of ether oxygens (including phenoxy) is 3. The van der Waals surface area contributed by atoms with Crippen molar-refractivity contribution in [3.05, 3.63) is 47.2 Å². The molecule has 1 aromatic heterocycles. The van der Waals surface area contributed by atoms with Crippen LogP contribution in [0.25, 0.3) is 0 Å². The Balaban J connectivity index is 1.90. The van der Waals surface area contributed by atoms with E-state index < -0.39 is 12.1 Å². The molecule has 1 N–H and O–H groups in total. The Hall–Kier alpha value is -2.80. The first-order valence-corrected chi connectivity index (χ1v) is 8.39. The van der Waals surface area contributed by atoms with Crippen molar-refractivity contribution in [2.45, 2.75) is 19.6 Å². The van der Waals surface area contributed by atoms with Gasteiger partial charge >= 0.3 is 5.97 Å². The number of methoxy groups -OCH3 is 2. The first-order valence-electron chi connectivity index (χ1n) is 8.39. The molecule has 7 nitrogen and oxygen atoms in total. The molecule has 0 saturated heterocycles. The van der Waals surface area contributed by atoms with Crippen LogP contribution in [0.3, 0.4) is 0 Å². The maximum absolute atomic E-state index is 11.8. The Kier molecular flexibility index (Phi) is 5.27. The van der Waals surface area contributed by atoms with Crippen molar-refractivity contribution < 1.29 is 24.1 Å². The molecule has 2 heterocycles. The third-order valence-corrected chi connectivity index (χ3v) is 4.37. The molecule has 3 rings (SSSR count). The van der Waals surface area contributed by atoms with Crippen LogP contribution in [0.1, 0.15) is 34.5 Å². The smallest absolute Gasteiger partial charge is 0.339 e. The van der Waals surface area contributed by atoms with E-state index in [1.54, 1.807) is 39.3 Å². The summed E-state index contributed by atoms with van der Waals surface area (Å²) in [5.74, 6) is 1.58. The van der Waals surface area contributed by atoms with Gasteiger partial charge in [-0.15, -0.1) is 0 Å². The number of aliphatic hydroxyl groups excluding tert-OH is 1. The lowest BCUT2D eigenvalue weighted by atomic mass is 9.95. The van der Waals surface area contributed by atoms with Crippen LogP contribution < -0.4 is 14.4 Å². The second kappa shape index (κ2) is 7.61.